The molecule has 2 aromatic heterocycles. The molecule has 2 rings (SSSR count). The summed E-state index contributed by atoms with van der Waals surface area (Å²) in [7, 11) is 0. The van der Waals surface area contributed by atoms with E-state index in [1.807, 2.05) is 11.6 Å². The average molecular weight is 220 g/mol. The number of hydrogen-bond acceptors (Lipinski definition) is 5. The summed E-state index contributed by atoms with van der Waals surface area (Å²) in [5.74, 6) is 7.25. The molecule has 0 aliphatic rings. The van der Waals surface area contributed by atoms with Crippen LogP contribution in [-0.2, 0) is 6.54 Å². The first-order valence-corrected chi connectivity index (χ1v) is 5.28. The minimum absolute atomic E-state index is 0.521. The second-order valence-corrected chi connectivity index (χ2v) is 4.22. The van der Waals surface area contributed by atoms with E-state index in [2.05, 4.69) is 34.3 Å². The van der Waals surface area contributed by atoms with E-state index in [4.69, 9.17) is 5.84 Å². The van der Waals surface area contributed by atoms with Crippen LogP contribution in [-0.4, -0.2) is 19.7 Å². The zero-order valence-corrected chi connectivity index (χ0v) is 9.73. The molecule has 0 saturated carbocycles. The van der Waals surface area contributed by atoms with E-state index in [-0.39, 0.29) is 0 Å². The van der Waals surface area contributed by atoms with Gasteiger partial charge in [-0.25, -0.2) is 20.5 Å². The van der Waals surface area contributed by atoms with E-state index in [1.54, 1.807) is 6.20 Å². The van der Waals surface area contributed by atoms with Crippen LogP contribution in [0.1, 0.15) is 19.7 Å². The maximum absolute atomic E-state index is 5.42. The number of nitrogens with one attached hydrogen (secondary N) is 1. The van der Waals surface area contributed by atoms with Crippen LogP contribution in [0.4, 0.5) is 5.82 Å². The molecule has 0 bridgehead atoms. The topological polar surface area (TPSA) is 81.6 Å². The number of fused-ring (bicyclic) bond motifs is 1. The first kappa shape index (κ1) is 10.8. The number of anilines is 1. The fourth-order valence-electron chi connectivity index (χ4n) is 1.65. The van der Waals surface area contributed by atoms with Gasteiger partial charge >= 0.3 is 0 Å². The van der Waals surface area contributed by atoms with Gasteiger partial charge in [-0.05, 0) is 12.8 Å². The molecule has 16 heavy (non-hydrogen) atoms. The number of nitrogens with two attached hydrogens (primary N) is 1. The van der Waals surface area contributed by atoms with Gasteiger partial charge in [0.05, 0.1) is 11.6 Å². The predicted octanol–water partition coefficient (Wildman–Crippen LogP) is 1.08. The Labute approximate surface area is 93.8 Å². The second-order valence-electron chi connectivity index (χ2n) is 4.22. The van der Waals surface area contributed by atoms with E-state index in [0.29, 0.717) is 17.6 Å². The Kier molecular flexibility index (Phi) is 2.74. The zero-order chi connectivity index (χ0) is 11.7. The molecule has 6 heteroatoms. The van der Waals surface area contributed by atoms with Crippen LogP contribution in [0.5, 0.6) is 0 Å². The van der Waals surface area contributed by atoms with Gasteiger partial charge in [0.15, 0.2) is 11.5 Å². The molecule has 0 spiro atoms. The number of aryl methyl sites for hydroxylation is 1. The molecule has 0 amide bonds. The molecule has 2 aromatic rings. The SMILES string of the molecule is Cc1nc(NN)c2cnn(CC(C)C)c2n1. The molecule has 0 unspecified atom stereocenters. The summed E-state index contributed by atoms with van der Waals surface area (Å²) < 4.78 is 1.88. The summed E-state index contributed by atoms with van der Waals surface area (Å²) in [6, 6.07) is 0. The van der Waals surface area contributed by atoms with Crippen molar-refractivity contribution in [1.29, 1.82) is 0 Å². The summed E-state index contributed by atoms with van der Waals surface area (Å²) in [6.07, 6.45) is 1.74. The first-order valence-electron chi connectivity index (χ1n) is 5.28. The third kappa shape index (κ3) is 1.83. The highest BCUT2D eigenvalue weighted by Gasteiger charge is 2.11. The summed E-state index contributed by atoms with van der Waals surface area (Å²) in [5.41, 5.74) is 3.40. The lowest BCUT2D eigenvalue weighted by Gasteiger charge is -2.07. The molecule has 3 N–H and O–H groups in total. The molecule has 86 valence electrons. The van der Waals surface area contributed by atoms with Crippen molar-refractivity contribution in [2.75, 3.05) is 5.43 Å². The Morgan fingerprint density at radius 2 is 2.19 bits per heavy atom. The molecule has 6 nitrogen and oxygen atoms in total. The Balaban J connectivity index is 2.58. The number of aromatic nitrogens is 4. The van der Waals surface area contributed by atoms with Crippen LogP contribution in [0.15, 0.2) is 6.20 Å². The van der Waals surface area contributed by atoms with Crippen molar-refractivity contribution in [3.63, 3.8) is 0 Å². The molecular weight excluding hydrogens is 204 g/mol. The Bertz CT molecular complexity index is 501. The normalized spacial score (nSPS) is 11.3. The minimum Gasteiger partial charge on any atom is -0.308 e. The van der Waals surface area contributed by atoms with Gasteiger partial charge in [-0.15, -0.1) is 0 Å². The standard InChI is InChI=1S/C10H16N6/c1-6(2)5-16-10-8(4-12-16)9(15-11)13-7(3)14-10/h4,6H,5,11H2,1-3H3,(H,13,14,15). The first-order chi connectivity index (χ1) is 7.61. The number of rotatable bonds is 3. The van der Waals surface area contributed by atoms with Crippen LogP contribution in [0.3, 0.4) is 0 Å². The Hall–Kier alpha value is -1.69. The van der Waals surface area contributed by atoms with Crippen LogP contribution in [0.25, 0.3) is 11.0 Å². The predicted molar refractivity (Wildman–Crippen MR) is 62.7 cm³/mol. The van der Waals surface area contributed by atoms with Crippen LogP contribution in [0, 0.1) is 12.8 Å². The van der Waals surface area contributed by atoms with Gasteiger partial charge in [-0.2, -0.15) is 5.10 Å². The summed E-state index contributed by atoms with van der Waals surface area (Å²) >= 11 is 0. The highest BCUT2D eigenvalue weighted by Crippen LogP contribution is 2.19. The fourth-order valence-corrected chi connectivity index (χ4v) is 1.65. The quantitative estimate of drug-likeness (QED) is 0.597. The van der Waals surface area contributed by atoms with Crippen molar-refractivity contribution in [1.82, 2.24) is 19.7 Å². The van der Waals surface area contributed by atoms with Gasteiger partial charge in [0, 0.05) is 6.54 Å². The molecule has 0 atom stereocenters. The van der Waals surface area contributed by atoms with Gasteiger partial charge in [-0.3, -0.25) is 0 Å². The summed E-state index contributed by atoms with van der Waals surface area (Å²) in [4.78, 5) is 8.60. The lowest BCUT2D eigenvalue weighted by Crippen LogP contribution is -2.11. The average Bonchev–Trinajstić information content (AvgIpc) is 2.59. The molecule has 0 aliphatic heterocycles. The lowest BCUT2D eigenvalue weighted by atomic mass is 10.2. The largest absolute Gasteiger partial charge is 0.308 e. The van der Waals surface area contributed by atoms with Crippen molar-refractivity contribution in [2.24, 2.45) is 11.8 Å². The summed E-state index contributed by atoms with van der Waals surface area (Å²) in [6.45, 7) is 6.96. The third-order valence-corrected chi connectivity index (χ3v) is 2.28. The third-order valence-electron chi connectivity index (χ3n) is 2.28. The number of hydrogen-bond donors (Lipinski definition) is 2. The van der Waals surface area contributed by atoms with Crippen LogP contribution < -0.4 is 11.3 Å². The van der Waals surface area contributed by atoms with Crippen molar-refractivity contribution >= 4 is 16.9 Å². The van der Waals surface area contributed by atoms with Crippen LogP contribution in [0.2, 0.25) is 0 Å². The number of nitrogens with zero attached hydrogens (tertiary/aromatic N) is 4. The molecule has 0 radical (unpaired) electrons. The smallest absolute Gasteiger partial charge is 0.163 e. The number of hydrazine groups is 1. The Morgan fingerprint density at radius 3 is 2.81 bits per heavy atom. The molecule has 0 aliphatic carbocycles. The van der Waals surface area contributed by atoms with Gasteiger partial charge in [0.1, 0.15) is 5.82 Å². The molecule has 0 aromatic carbocycles. The van der Waals surface area contributed by atoms with E-state index >= 15 is 0 Å². The van der Waals surface area contributed by atoms with E-state index in [1.165, 1.54) is 0 Å². The highest BCUT2D eigenvalue weighted by atomic mass is 15.3. The van der Waals surface area contributed by atoms with Gasteiger partial charge in [0.25, 0.3) is 0 Å². The van der Waals surface area contributed by atoms with E-state index in [0.717, 1.165) is 17.6 Å². The minimum atomic E-state index is 0.521. The van der Waals surface area contributed by atoms with Crippen molar-refractivity contribution in [2.45, 2.75) is 27.3 Å². The monoisotopic (exact) mass is 220 g/mol. The number of nitrogen functional groups attached to an aromatic ring is 1. The van der Waals surface area contributed by atoms with Gasteiger partial charge < -0.3 is 5.43 Å². The maximum Gasteiger partial charge on any atom is 0.163 e. The summed E-state index contributed by atoms with van der Waals surface area (Å²) in [5, 5.41) is 5.16. The van der Waals surface area contributed by atoms with E-state index < -0.39 is 0 Å². The zero-order valence-electron chi connectivity index (χ0n) is 9.73. The fraction of sp³-hybridized carbons (Fsp3) is 0.500. The lowest BCUT2D eigenvalue weighted by molar-refractivity contribution is 0.492. The van der Waals surface area contributed by atoms with Crippen molar-refractivity contribution < 1.29 is 0 Å². The maximum atomic E-state index is 5.42. The second kappa shape index (κ2) is 4.05. The van der Waals surface area contributed by atoms with Gasteiger partial charge in [-0.1, -0.05) is 13.8 Å². The van der Waals surface area contributed by atoms with Gasteiger partial charge in [0.2, 0.25) is 0 Å². The molecule has 2 heterocycles. The molecular formula is C10H16N6. The van der Waals surface area contributed by atoms with E-state index in [9.17, 15) is 0 Å². The van der Waals surface area contributed by atoms with Crippen molar-refractivity contribution in [3.05, 3.63) is 12.0 Å². The van der Waals surface area contributed by atoms with Crippen molar-refractivity contribution in [3.8, 4) is 0 Å². The highest BCUT2D eigenvalue weighted by molar-refractivity contribution is 5.86. The Morgan fingerprint density at radius 1 is 1.44 bits per heavy atom. The van der Waals surface area contributed by atoms with Crippen LogP contribution >= 0.6 is 0 Å². The molecule has 0 saturated heterocycles. The molecule has 0 fully saturated rings.